The fraction of sp³-hybridized carbons (Fsp3) is 0.320. The van der Waals surface area contributed by atoms with Gasteiger partial charge in [-0.3, -0.25) is 4.79 Å². The van der Waals surface area contributed by atoms with Crippen LogP contribution in [0.3, 0.4) is 0 Å². The molecule has 3 aromatic rings. The molecule has 1 aromatic heterocycles. The largest absolute Gasteiger partial charge is 0.493 e. The van der Waals surface area contributed by atoms with E-state index in [1.165, 1.54) is 0 Å². The van der Waals surface area contributed by atoms with Crippen LogP contribution in [0, 0.1) is 6.92 Å². The van der Waals surface area contributed by atoms with Crippen LogP contribution in [0.4, 0.5) is 0 Å². The summed E-state index contributed by atoms with van der Waals surface area (Å²) < 4.78 is 17.2. The fourth-order valence-corrected chi connectivity index (χ4v) is 3.94. The highest BCUT2D eigenvalue weighted by atomic mass is 16.5. The highest BCUT2D eigenvalue weighted by Crippen LogP contribution is 2.30. The molecule has 33 heavy (non-hydrogen) atoms. The lowest BCUT2D eigenvalue weighted by atomic mass is 9.92. The van der Waals surface area contributed by atoms with Crippen molar-refractivity contribution in [2.45, 2.75) is 38.2 Å². The molecule has 1 amide bonds. The van der Waals surface area contributed by atoms with E-state index in [2.05, 4.69) is 4.98 Å². The number of carbonyl (C=O) groups is 2. The molecule has 0 radical (unpaired) electrons. The van der Waals surface area contributed by atoms with Gasteiger partial charge >= 0.3 is 5.97 Å². The standard InChI is InChI=1S/C25H26N2O6/c1-16-21(27-23(33-16)19-7-5-18(6-8-19)22(26)28)11-14-31-20-9-3-17(4-10-20)15-25(24(29)30)12-2-13-32-25/h3-10H,2,11-15H2,1H3,(H2,26,28)(H,29,30). The Morgan fingerprint density at radius 2 is 1.88 bits per heavy atom. The van der Waals surface area contributed by atoms with Gasteiger partial charge in [-0.2, -0.15) is 0 Å². The summed E-state index contributed by atoms with van der Waals surface area (Å²) in [6, 6.07) is 14.2. The zero-order valence-corrected chi connectivity index (χ0v) is 18.4. The highest BCUT2D eigenvalue weighted by molar-refractivity contribution is 5.93. The Morgan fingerprint density at radius 3 is 2.48 bits per heavy atom. The molecule has 1 aliphatic heterocycles. The van der Waals surface area contributed by atoms with Crippen molar-refractivity contribution in [3.8, 4) is 17.2 Å². The summed E-state index contributed by atoms with van der Waals surface area (Å²) in [6.07, 6.45) is 2.18. The number of hydrogen-bond acceptors (Lipinski definition) is 6. The maximum Gasteiger partial charge on any atom is 0.336 e. The number of nitrogens with zero attached hydrogens (tertiary/aromatic N) is 1. The number of oxazole rings is 1. The van der Waals surface area contributed by atoms with Gasteiger partial charge in [0.25, 0.3) is 0 Å². The first-order valence-electron chi connectivity index (χ1n) is 10.8. The number of rotatable bonds is 9. The van der Waals surface area contributed by atoms with E-state index >= 15 is 0 Å². The molecule has 0 saturated carbocycles. The zero-order chi connectivity index (χ0) is 23.4. The molecule has 1 saturated heterocycles. The zero-order valence-electron chi connectivity index (χ0n) is 18.4. The SMILES string of the molecule is Cc1oc(-c2ccc(C(N)=O)cc2)nc1CCOc1ccc(CC2(C(=O)O)CCCO2)cc1. The van der Waals surface area contributed by atoms with Gasteiger partial charge in [-0.05, 0) is 61.7 Å². The summed E-state index contributed by atoms with van der Waals surface area (Å²) in [7, 11) is 0. The smallest absolute Gasteiger partial charge is 0.336 e. The number of aliphatic carboxylic acids is 1. The predicted molar refractivity (Wildman–Crippen MR) is 120 cm³/mol. The lowest BCUT2D eigenvalue weighted by Crippen LogP contribution is -2.40. The van der Waals surface area contributed by atoms with Crippen LogP contribution in [0.2, 0.25) is 0 Å². The third-order valence-electron chi connectivity index (χ3n) is 5.82. The number of ether oxygens (including phenoxy) is 2. The topological polar surface area (TPSA) is 125 Å². The van der Waals surface area contributed by atoms with E-state index in [1.54, 1.807) is 24.3 Å². The molecule has 8 nitrogen and oxygen atoms in total. The molecule has 2 heterocycles. The second-order valence-electron chi connectivity index (χ2n) is 8.13. The Hall–Kier alpha value is -3.65. The molecule has 0 spiro atoms. The monoisotopic (exact) mass is 450 g/mol. The van der Waals surface area contributed by atoms with Crippen LogP contribution in [-0.2, 0) is 22.4 Å². The van der Waals surface area contributed by atoms with Crippen molar-refractivity contribution in [1.82, 2.24) is 4.98 Å². The number of carboxylic acid groups (broad SMARTS) is 1. The van der Waals surface area contributed by atoms with Crippen LogP contribution in [0.15, 0.2) is 52.9 Å². The van der Waals surface area contributed by atoms with Crippen LogP contribution in [0.1, 0.15) is 40.2 Å². The van der Waals surface area contributed by atoms with Crippen molar-refractivity contribution in [3.63, 3.8) is 0 Å². The van der Waals surface area contributed by atoms with Crippen LogP contribution < -0.4 is 10.5 Å². The maximum atomic E-state index is 11.7. The summed E-state index contributed by atoms with van der Waals surface area (Å²) in [4.78, 5) is 27.4. The van der Waals surface area contributed by atoms with Gasteiger partial charge < -0.3 is 24.7 Å². The second kappa shape index (κ2) is 9.46. The van der Waals surface area contributed by atoms with E-state index in [9.17, 15) is 14.7 Å². The molecule has 4 rings (SSSR count). The Balaban J connectivity index is 1.33. The molecule has 1 atom stereocenters. The van der Waals surface area contributed by atoms with Crippen molar-refractivity contribution in [2.24, 2.45) is 5.73 Å². The molecule has 0 aliphatic carbocycles. The Kier molecular flexibility index (Phi) is 6.46. The van der Waals surface area contributed by atoms with E-state index in [0.29, 0.717) is 55.4 Å². The average Bonchev–Trinajstić information content (AvgIpc) is 3.43. The first kappa shape index (κ1) is 22.5. The number of benzene rings is 2. The van der Waals surface area contributed by atoms with Gasteiger partial charge in [0.05, 0.1) is 12.3 Å². The summed E-state index contributed by atoms with van der Waals surface area (Å²) in [5, 5.41) is 9.55. The van der Waals surface area contributed by atoms with E-state index in [4.69, 9.17) is 19.6 Å². The molecular formula is C25H26N2O6. The Morgan fingerprint density at radius 1 is 1.15 bits per heavy atom. The molecule has 172 valence electrons. The quantitative estimate of drug-likeness (QED) is 0.511. The predicted octanol–water partition coefficient (Wildman–Crippen LogP) is 3.55. The van der Waals surface area contributed by atoms with Crippen LogP contribution in [0.5, 0.6) is 5.75 Å². The number of carboxylic acids is 1. The third-order valence-corrected chi connectivity index (χ3v) is 5.82. The number of nitrogens with two attached hydrogens (primary N) is 1. The van der Waals surface area contributed by atoms with E-state index in [-0.39, 0.29) is 0 Å². The molecular weight excluding hydrogens is 424 g/mol. The van der Waals surface area contributed by atoms with Crippen molar-refractivity contribution >= 4 is 11.9 Å². The minimum absolute atomic E-state index is 0.337. The minimum Gasteiger partial charge on any atom is -0.493 e. The third kappa shape index (κ3) is 5.06. The van der Waals surface area contributed by atoms with Crippen LogP contribution in [0.25, 0.3) is 11.5 Å². The van der Waals surface area contributed by atoms with Crippen LogP contribution in [-0.4, -0.2) is 40.8 Å². The van der Waals surface area contributed by atoms with E-state index in [0.717, 1.165) is 23.2 Å². The van der Waals surface area contributed by atoms with Crippen molar-refractivity contribution < 1.29 is 28.6 Å². The number of aryl methyl sites for hydroxylation is 1. The van der Waals surface area contributed by atoms with E-state index in [1.807, 2.05) is 31.2 Å². The Labute approximate surface area is 191 Å². The molecule has 3 N–H and O–H groups in total. The van der Waals surface area contributed by atoms with Crippen molar-refractivity contribution in [2.75, 3.05) is 13.2 Å². The van der Waals surface area contributed by atoms with Crippen LogP contribution >= 0.6 is 0 Å². The van der Waals surface area contributed by atoms with Gasteiger partial charge in [-0.15, -0.1) is 0 Å². The van der Waals surface area contributed by atoms with Gasteiger partial charge in [0.2, 0.25) is 11.8 Å². The summed E-state index contributed by atoms with van der Waals surface area (Å²) in [6.45, 7) is 2.74. The van der Waals surface area contributed by atoms with Gasteiger partial charge in [-0.1, -0.05) is 12.1 Å². The maximum absolute atomic E-state index is 11.7. The van der Waals surface area contributed by atoms with Crippen molar-refractivity contribution in [1.29, 1.82) is 0 Å². The first-order valence-corrected chi connectivity index (χ1v) is 10.8. The van der Waals surface area contributed by atoms with Gasteiger partial charge in [-0.25, -0.2) is 9.78 Å². The number of carbonyl (C=O) groups excluding carboxylic acids is 1. The minimum atomic E-state index is -1.12. The first-order chi connectivity index (χ1) is 15.9. The molecule has 8 heteroatoms. The molecule has 1 fully saturated rings. The van der Waals surface area contributed by atoms with Gasteiger partial charge in [0, 0.05) is 30.6 Å². The average molecular weight is 450 g/mol. The lowest BCUT2D eigenvalue weighted by molar-refractivity contribution is -0.159. The van der Waals surface area contributed by atoms with Gasteiger partial charge in [0.1, 0.15) is 11.5 Å². The summed E-state index contributed by atoms with van der Waals surface area (Å²) in [5.74, 6) is 0.484. The molecule has 0 bridgehead atoms. The lowest BCUT2D eigenvalue weighted by Gasteiger charge is -2.23. The summed E-state index contributed by atoms with van der Waals surface area (Å²) in [5.41, 5.74) is 7.03. The highest BCUT2D eigenvalue weighted by Gasteiger charge is 2.42. The van der Waals surface area contributed by atoms with E-state index < -0.39 is 17.5 Å². The Bertz CT molecular complexity index is 1130. The second-order valence-corrected chi connectivity index (χ2v) is 8.13. The van der Waals surface area contributed by atoms with Gasteiger partial charge in [0.15, 0.2) is 5.60 Å². The molecule has 2 aromatic carbocycles. The normalized spacial score (nSPS) is 17.7. The fourth-order valence-electron chi connectivity index (χ4n) is 3.94. The number of hydrogen-bond donors (Lipinski definition) is 2. The number of amides is 1. The molecule has 1 unspecified atom stereocenters. The summed E-state index contributed by atoms with van der Waals surface area (Å²) >= 11 is 0. The number of primary amides is 1. The number of aromatic nitrogens is 1. The molecule has 1 aliphatic rings. The van der Waals surface area contributed by atoms with Crippen molar-refractivity contribution in [3.05, 3.63) is 71.1 Å².